The molecule has 0 spiro atoms. The molecule has 8 rings (SSSR count). The Kier molecular flexibility index (Phi) is 13.3. The first-order chi connectivity index (χ1) is 31.3. The number of hydrogen-bond donors (Lipinski definition) is 3. The maximum absolute atomic E-state index is 14.1. The maximum atomic E-state index is 14.1. The van der Waals surface area contributed by atoms with Crippen LogP contribution in [0.1, 0.15) is 136 Å². The second kappa shape index (κ2) is 19.4. The zero-order chi connectivity index (χ0) is 45.7. The van der Waals surface area contributed by atoms with E-state index in [1.807, 2.05) is 6.07 Å². The summed E-state index contributed by atoms with van der Waals surface area (Å²) in [6.07, 6.45) is 9.48. The fourth-order valence-electron chi connectivity index (χ4n) is 8.13. The summed E-state index contributed by atoms with van der Waals surface area (Å²) in [6, 6.07) is 13.6. The van der Waals surface area contributed by atoms with E-state index in [4.69, 9.17) is 4.42 Å². The first-order valence-corrected chi connectivity index (χ1v) is 21.9. The van der Waals surface area contributed by atoms with Crippen molar-refractivity contribution in [3.05, 3.63) is 107 Å². The molecule has 0 bridgehead atoms. The van der Waals surface area contributed by atoms with Gasteiger partial charge in [0.2, 0.25) is 17.7 Å². The number of nitrogens with one attached hydrogen (secondary N) is 3. The number of carbonyl (C=O) groups is 6. The van der Waals surface area contributed by atoms with Crippen LogP contribution in [0.25, 0.3) is 17.1 Å². The SMILES string of the molecule is O=C1CCC(N2C(=O)c3cccc(CCCCCCCCCCC(=O)c4ccc(-n5cc(NC(=O)c6coc(-c7ccnc(NCC8CC8)c7)n6)c(C(F)(F)F)n5)cc4)c3C2=O)C(=O)N1. The first-order valence-electron chi connectivity index (χ1n) is 21.9. The predicted molar refractivity (Wildman–Crippen MR) is 230 cm³/mol. The van der Waals surface area contributed by atoms with Gasteiger partial charge in [-0.3, -0.25) is 39.0 Å². The molecule has 5 amide bonds. The molecule has 15 nitrogen and oxygen atoms in total. The molecule has 65 heavy (non-hydrogen) atoms. The Balaban J connectivity index is 0.754. The molecule has 5 heterocycles. The molecule has 338 valence electrons. The number of aromatic nitrogens is 4. The predicted octanol–water partition coefficient (Wildman–Crippen LogP) is 8.35. The summed E-state index contributed by atoms with van der Waals surface area (Å²) in [5.74, 6) is -1.72. The third kappa shape index (κ3) is 10.5. The lowest BCUT2D eigenvalue weighted by Gasteiger charge is -2.27. The van der Waals surface area contributed by atoms with E-state index in [-0.39, 0.29) is 41.5 Å². The van der Waals surface area contributed by atoms with Gasteiger partial charge in [-0.1, -0.05) is 50.7 Å². The van der Waals surface area contributed by atoms with E-state index in [2.05, 4.69) is 31.0 Å². The molecule has 1 saturated heterocycles. The molecule has 1 atom stereocenters. The van der Waals surface area contributed by atoms with E-state index in [0.29, 0.717) is 47.7 Å². The highest BCUT2D eigenvalue weighted by Crippen LogP contribution is 2.35. The molecule has 18 heteroatoms. The molecular weight excluding hydrogens is 846 g/mol. The lowest BCUT2D eigenvalue weighted by molar-refractivity contribution is -0.140. The van der Waals surface area contributed by atoms with Crippen molar-refractivity contribution in [1.29, 1.82) is 0 Å². The number of nitrogens with zero attached hydrogens (tertiary/aromatic N) is 5. The lowest BCUT2D eigenvalue weighted by atomic mass is 9.97. The van der Waals surface area contributed by atoms with Crippen molar-refractivity contribution in [1.82, 2.24) is 30.0 Å². The average molecular weight is 893 g/mol. The topological polar surface area (TPSA) is 198 Å². The first kappa shape index (κ1) is 44.6. The van der Waals surface area contributed by atoms with Gasteiger partial charge in [0.1, 0.15) is 18.1 Å². The number of piperidine rings is 1. The van der Waals surface area contributed by atoms with Gasteiger partial charge in [0.05, 0.1) is 28.7 Å². The van der Waals surface area contributed by atoms with Gasteiger partial charge in [0.15, 0.2) is 17.2 Å². The third-order valence-electron chi connectivity index (χ3n) is 11.9. The molecule has 2 fully saturated rings. The smallest absolute Gasteiger partial charge is 0.437 e. The molecule has 1 aliphatic carbocycles. The van der Waals surface area contributed by atoms with Crippen molar-refractivity contribution in [2.45, 2.75) is 102 Å². The molecule has 2 aliphatic heterocycles. The second-order valence-corrected chi connectivity index (χ2v) is 16.7. The Bertz CT molecular complexity index is 2620. The number of Topliss-reactive ketones (excluding diaryl/α,β-unsaturated/α-hetero) is 1. The monoisotopic (exact) mass is 892 g/mol. The van der Waals surface area contributed by atoms with Crippen LogP contribution >= 0.6 is 0 Å². The fraction of sp³-hybridized carbons (Fsp3) is 0.383. The number of rotatable bonds is 20. The summed E-state index contributed by atoms with van der Waals surface area (Å²) < 4.78 is 48.7. The lowest BCUT2D eigenvalue weighted by Crippen LogP contribution is -2.54. The summed E-state index contributed by atoms with van der Waals surface area (Å²) >= 11 is 0. The number of pyridine rings is 1. The molecule has 0 radical (unpaired) electrons. The number of unbranched alkanes of at least 4 members (excludes halogenated alkanes) is 7. The zero-order valence-corrected chi connectivity index (χ0v) is 35.4. The Morgan fingerprint density at radius 3 is 2.34 bits per heavy atom. The van der Waals surface area contributed by atoms with Crippen LogP contribution in [0.2, 0.25) is 0 Å². The van der Waals surface area contributed by atoms with Crippen LogP contribution in [0, 0.1) is 5.92 Å². The zero-order valence-electron chi connectivity index (χ0n) is 35.4. The number of imide groups is 2. The van der Waals surface area contributed by atoms with Gasteiger partial charge >= 0.3 is 6.18 Å². The number of ketones is 1. The Morgan fingerprint density at radius 1 is 0.877 bits per heavy atom. The molecule has 1 saturated carbocycles. The third-order valence-corrected chi connectivity index (χ3v) is 11.9. The van der Waals surface area contributed by atoms with Gasteiger partial charge in [0, 0.05) is 36.7 Å². The van der Waals surface area contributed by atoms with Crippen molar-refractivity contribution >= 4 is 46.8 Å². The largest absolute Gasteiger partial charge is 0.444 e. The standard InChI is InChI=1S/C47H47F3N8O7/c48-47(49,50)41-34(53-42(61)35-27-65-44(54-35)31-22-23-51-38(24-31)52-25-28-14-15-28)26-57(56-41)32-18-16-29(17-19-32)37(59)13-8-6-4-2-1-3-5-7-10-30-11-9-12-33-40(30)46(64)58(45(33)63)36-20-21-39(60)55-43(36)62/h9,11-12,16-19,22-24,26-28,36H,1-8,10,13-15,20-21,25H2,(H,51,52)(H,53,61)(H,55,60,62). The van der Waals surface area contributed by atoms with Crippen molar-refractivity contribution in [2.75, 3.05) is 17.2 Å². The van der Waals surface area contributed by atoms with Gasteiger partial charge in [-0.25, -0.2) is 14.6 Å². The van der Waals surface area contributed by atoms with Gasteiger partial charge in [-0.15, -0.1) is 0 Å². The summed E-state index contributed by atoms with van der Waals surface area (Å²) in [6.45, 7) is 0.790. The second-order valence-electron chi connectivity index (χ2n) is 16.7. The van der Waals surface area contributed by atoms with E-state index >= 15 is 0 Å². The van der Waals surface area contributed by atoms with Crippen LogP contribution in [0.5, 0.6) is 0 Å². The van der Waals surface area contributed by atoms with Crippen LogP contribution in [0.15, 0.2) is 77.7 Å². The number of amides is 5. The number of fused-ring (bicyclic) bond motifs is 1. The average Bonchev–Trinajstić information content (AvgIpc) is 3.68. The van der Waals surface area contributed by atoms with E-state index in [9.17, 15) is 41.9 Å². The van der Waals surface area contributed by atoms with Crippen LogP contribution in [0.4, 0.5) is 24.7 Å². The summed E-state index contributed by atoms with van der Waals surface area (Å²) in [5, 5.41) is 11.4. The number of halogens is 3. The summed E-state index contributed by atoms with van der Waals surface area (Å²) in [7, 11) is 0. The Labute approximate surface area is 371 Å². The van der Waals surface area contributed by atoms with Gasteiger partial charge in [-0.2, -0.15) is 18.3 Å². The maximum Gasteiger partial charge on any atom is 0.437 e. The van der Waals surface area contributed by atoms with E-state index < -0.39 is 53.1 Å². The number of hydrogen-bond acceptors (Lipinski definition) is 11. The molecule has 3 aliphatic rings. The normalized spacial score (nSPS) is 16.2. The van der Waals surface area contributed by atoms with Crippen molar-refractivity contribution in [3.63, 3.8) is 0 Å². The van der Waals surface area contributed by atoms with Crippen LogP contribution < -0.4 is 16.0 Å². The number of carbonyl (C=O) groups excluding carboxylic acids is 6. The number of aryl methyl sites for hydroxylation is 1. The van der Waals surface area contributed by atoms with Gasteiger partial charge in [-0.05, 0) is 92.5 Å². The quantitative estimate of drug-likeness (QED) is 0.0386. The van der Waals surface area contributed by atoms with Crippen LogP contribution in [-0.4, -0.2) is 72.6 Å². The minimum absolute atomic E-state index is 0.0654. The highest BCUT2D eigenvalue weighted by Gasteiger charge is 2.45. The minimum Gasteiger partial charge on any atom is -0.444 e. The summed E-state index contributed by atoms with van der Waals surface area (Å²) in [5.41, 5.74) is 0.519. The van der Waals surface area contributed by atoms with Gasteiger partial charge < -0.3 is 15.1 Å². The molecular formula is C47H47F3N8O7. The molecule has 2 aromatic carbocycles. The number of anilines is 2. The van der Waals surface area contributed by atoms with E-state index in [1.54, 1.807) is 42.6 Å². The van der Waals surface area contributed by atoms with Crippen LogP contribution in [0.3, 0.4) is 0 Å². The number of alkyl halides is 3. The molecule has 1 unspecified atom stereocenters. The minimum atomic E-state index is -4.89. The number of oxazole rings is 1. The van der Waals surface area contributed by atoms with Crippen molar-refractivity contribution < 1.29 is 46.4 Å². The Hall–Kier alpha value is -6.98. The molecule has 3 aromatic heterocycles. The fourth-order valence-corrected chi connectivity index (χ4v) is 8.13. The van der Waals surface area contributed by atoms with E-state index in [0.717, 1.165) is 79.1 Å². The van der Waals surface area contributed by atoms with Crippen molar-refractivity contribution in [3.8, 4) is 17.1 Å². The van der Waals surface area contributed by atoms with Gasteiger partial charge in [0.25, 0.3) is 17.7 Å². The highest BCUT2D eigenvalue weighted by molar-refractivity contribution is 6.24. The highest BCUT2D eigenvalue weighted by atomic mass is 19.4. The number of benzene rings is 2. The molecule has 3 N–H and O–H groups in total. The van der Waals surface area contributed by atoms with E-state index in [1.165, 1.54) is 25.0 Å². The van der Waals surface area contributed by atoms with Crippen LogP contribution in [-0.2, 0) is 22.2 Å². The summed E-state index contributed by atoms with van der Waals surface area (Å²) in [4.78, 5) is 85.9. The Morgan fingerprint density at radius 2 is 1.62 bits per heavy atom. The molecule has 5 aromatic rings. The van der Waals surface area contributed by atoms with Crippen molar-refractivity contribution in [2.24, 2.45) is 5.92 Å².